The number of carbonyl (C=O) groups is 1. The van der Waals surface area contributed by atoms with Crippen molar-refractivity contribution in [3.8, 4) is 0 Å². The zero-order valence-electron chi connectivity index (χ0n) is 12.5. The zero-order valence-corrected chi connectivity index (χ0v) is 14.1. The van der Waals surface area contributed by atoms with E-state index in [-0.39, 0.29) is 11.9 Å². The molecule has 1 atom stereocenters. The molecule has 0 spiro atoms. The summed E-state index contributed by atoms with van der Waals surface area (Å²) < 4.78 is 0.915. The summed E-state index contributed by atoms with van der Waals surface area (Å²) in [4.78, 5) is 20.8. The molecule has 0 saturated heterocycles. The average Bonchev–Trinajstić information content (AvgIpc) is 3.01. The minimum atomic E-state index is -0.335. The van der Waals surface area contributed by atoms with Crippen LogP contribution in [0.4, 0.5) is 5.82 Å². The second-order valence-corrected chi connectivity index (χ2v) is 6.57. The molecule has 22 heavy (non-hydrogen) atoms. The monoisotopic (exact) mass is 362 g/mol. The van der Waals surface area contributed by atoms with Crippen LogP contribution in [0.2, 0.25) is 0 Å². The summed E-state index contributed by atoms with van der Waals surface area (Å²) in [5.41, 5.74) is 0.836. The van der Waals surface area contributed by atoms with Gasteiger partial charge >= 0.3 is 0 Å². The van der Waals surface area contributed by atoms with Gasteiger partial charge in [0.15, 0.2) is 0 Å². The van der Waals surface area contributed by atoms with E-state index in [4.69, 9.17) is 0 Å². The molecule has 6 heteroatoms. The zero-order chi connectivity index (χ0) is 15.5. The molecule has 116 valence electrons. The number of carbonyl (C=O) groups excluding carboxylic acids is 1. The molecule has 2 aromatic rings. The third-order valence-corrected chi connectivity index (χ3v) is 4.70. The molecule has 0 aliphatic heterocycles. The van der Waals surface area contributed by atoms with Gasteiger partial charge in [-0.2, -0.15) is 0 Å². The first kappa shape index (κ1) is 15.2. The number of fused-ring (bicyclic) bond motifs is 1. The van der Waals surface area contributed by atoms with E-state index in [2.05, 4.69) is 36.5 Å². The Balaban J connectivity index is 1.74. The van der Waals surface area contributed by atoms with Gasteiger partial charge in [0.25, 0.3) is 0 Å². The second-order valence-electron chi connectivity index (χ2n) is 5.71. The normalized spacial score (nSPS) is 16.6. The van der Waals surface area contributed by atoms with Crippen LogP contribution in [0.15, 0.2) is 29.0 Å². The number of hydrogen-bond acceptors (Lipinski definition) is 4. The quantitative estimate of drug-likeness (QED) is 0.875. The van der Waals surface area contributed by atoms with Crippen LogP contribution in [0.1, 0.15) is 32.6 Å². The van der Waals surface area contributed by atoms with Gasteiger partial charge < -0.3 is 10.6 Å². The first-order valence-corrected chi connectivity index (χ1v) is 8.40. The first-order chi connectivity index (χ1) is 10.6. The number of para-hydroxylation sites is 1. The van der Waals surface area contributed by atoms with Crippen molar-refractivity contribution in [3.63, 3.8) is 0 Å². The van der Waals surface area contributed by atoms with Gasteiger partial charge in [0.2, 0.25) is 5.91 Å². The van der Waals surface area contributed by atoms with Crippen molar-refractivity contribution in [1.82, 2.24) is 15.3 Å². The largest absolute Gasteiger partial charge is 0.358 e. The number of amides is 1. The Morgan fingerprint density at radius 1 is 1.32 bits per heavy atom. The number of halogens is 1. The number of rotatable bonds is 4. The van der Waals surface area contributed by atoms with Crippen molar-refractivity contribution in [3.05, 3.63) is 29.0 Å². The fourth-order valence-electron chi connectivity index (χ4n) is 2.83. The predicted molar refractivity (Wildman–Crippen MR) is 90.7 cm³/mol. The highest BCUT2D eigenvalue weighted by atomic mass is 79.9. The maximum absolute atomic E-state index is 12.3. The molecule has 1 aromatic carbocycles. The lowest BCUT2D eigenvalue weighted by Crippen LogP contribution is -2.42. The molecule has 1 amide bonds. The SMILES string of the molecule is CC(Nc1ncnc2c(Br)cccc12)C(=O)NC1CCCC1. The Bertz CT molecular complexity index is 685. The average molecular weight is 363 g/mol. The van der Waals surface area contributed by atoms with Gasteiger partial charge in [0, 0.05) is 15.9 Å². The standard InChI is InChI=1S/C16H19BrN4O/c1-10(16(22)21-11-5-2-3-6-11)20-15-12-7-4-8-13(17)14(12)18-9-19-15/h4,7-11H,2-3,5-6H2,1H3,(H,21,22)(H,18,19,20). The third-order valence-electron chi connectivity index (χ3n) is 4.06. The van der Waals surface area contributed by atoms with Gasteiger partial charge in [-0.05, 0) is 47.8 Å². The topological polar surface area (TPSA) is 66.9 Å². The minimum Gasteiger partial charge on any atom is -0.358 e. The molecular formula is C16H19BrN4O. The Morgan fingerprint density at radius 2 is 2.09 bits per heavy atom. The molecule has 3 rings (SSSR count). The van der Waals surface area contributed by atoms with E-state index in [1.165, 1.54) is 19.2 Å². The predicted octanol–water partition coefficient (Wildman–Crippen LogP) is 3.25. The van der Waals surface area contributed by atoms with Crippen molar-refractivity contribution in [1.29, 1.82) is 0 Å². The van der Waals surface area contributed by atoms with Crippen LogP contribution in [-0.4, -0.2) is 28.0 Å². The molecule has 0 bridgehead atoms. The maximum Gasteiger partial charge on any atom is 0.242 e. The third kappa shape index (κ3) is 3.21. The van der Waals surface area contributed by atoms with Crippen LogP contribution in [0.3, 0.4) is 0 Å². The molecule has 1 aliphatic rings. The number of nitrogens with one attached hydrogen (secondary N) is 2. The van der Waals surface area contributed by atoms with Crippen molar-refractivity contribution >= 4 is 38.6 Å². The summed E-state index contributed by atoms with van der Waals surface area (Å²) in [7, 11) is 0. The number of nitrogens with zero attached hydrogens (tertiary/aromatic N) is 2. The highest BCUT2D eigenvalue weighted by Crippen LogP contribution is 2.26. The Hall–Kier alpha value is -1.69. The Morgan fingerprint density at radius 3 is 2.86 bits per heavy atom. The van der Waals surface area contributed by atoms with Crippen LogP contribution < -0.4 is 10.6 Å². The molecule has 5 nitrogen and oxygen atoms in total. The summed E-state index contributed by atoms with van der Waals surface area (Å²) in [5.74, 6) is 0.703. The second kappa shape index (κ2) is 6.60. The van der Waals surface area contributed by atoms with Gasteiger partial charge in [0.05, 0.1) is 5.52 Å². The highest BCUT2D eigenvalue weighted by Gasteiger charge is 2.21. The summed E-state index contributed by atoms with van der Waals surface area (Å²) in [6, 6.07) is 5.81. The van der Waals surface area contributed by atoms with E-state index in [1.54, 1.807) is 0 Å². The lowest BCUT2D eigenvalue weighted by atomic mass is 10.2. The van der Waals surface area contributed by atoms with E-state index in [1.807, 2.05) is 25.1 Å². The number of hydrogen-bond donors (Lipinski definition) is 2. The van der Waals surface area contributed by atoms with Crippen molar-refractivity contribution in [2.45, 2.75) is 44.7 Å². The van der Waals surface area contributed by atoms with Gasteiger partial charge in [0.1, 0.15) is 18.2 Å². The molecule has 1 unspecified atom stereocenters. The smallest absolute Gasteiger partial charge is 0.242 e. The van der Waals surface area contributed by atoms with Crippen LogP contribution in [0.25, 0.3) is 10.9 Å². The number of anilines is 1. The molecule has 0 radical (unpaired) electrons. The molecular weight excluding hydrogens is 344 g/mol. The molecule has 1 aromatic heterocycles. The van der Waals surface area contributed by atoms with Crippen LogP contribution in [-0.2, 0) is 4.79 Å². The Kier molecular flexibility index (Phi) is 4.57. The van der Waals surface area contributed by atoms with Crippen LogP contribution in [0, 0.1) is 0 Å². The molecule has 1 aliphatic carbocycles. The summed E-state index contributed by atoms with van der Waals surface area (Å²) >= 11 is 3.49. The van der Waals surface area contributed by atoms with Crippen molar-refractivity contribution in [2.75, 3.05) is 5.32 Å². The first-order valence-electron chi connectivity index (χ1n) is 7.61. The lowest BCUT2D eigenvalue weighted by Gasteiger charge is -2.18. The number of aromatic nitrogens is 2. The summed E-state index contributed by atoms with van der Waals surface area (Å²) in [6.45, 7) is 1.86. The van der Waals surface area contributed by atoms with E-state index >= 15 is 0 Å². The Labute approximate surface area is 138 Å². The molecule has 1 saturated carbocycles. The van der Waals surface area contributed by atoms with Gasteiger partial charge in [-0.25, -0.2) is 9.97 Å². The summed E-state index contributed by atoms with van der Waals surface area (Å²) in [5, 5.41) is 7.21. The van der Waals surface area contributed by atoms with E-state index < -0.39 is 0 Å². The fourth-order valence-corrected chi connectivity index (χ4v) is 3.30. The van der Waals surface area contributed by atoms with E-state index in [0.717, 1.165) is 28.2 Å². The van der Waals surface area contributed by atoms with Crippen LogP contribution in [0.5, 0.6) is 0 Å². The van der Waals surface area contributed by atoms with E-state index in [9.17, 15) is 4.79 Å². The minimum absolute atomic E-state index is 0.0219. The van der Waals surface area contributed by atoms with Gasteiger partial charge in [-0.15, -0.1) is 0 Å². The molecule has 1 fully saturated rings. The summed E-state index contributed by atoms with van der Waals surface area (Å²) in [6.07, 6.45) is 6.09. The maximum atomic E-state index is 12.3. The van der Waals surface area contributed by atoms with Crippen molar-refractivity contribution < 1.29 is 4.79 Å². The van der Waals surface area contributed by atoms with Gasteiger partial charge in [-0.1, -0.05) is 18.9 Å². The number of benzene rings is 1. The van der Waals surface area contributed by atoms with Crippen molar-refractivity contribution in [2.24, 2.45) is 0 Å². The van der Waals surface area contributed by atoms with E-state index in [0.29, 0.717) is 11.9 Å². The van der Waals surface area contributed by atoms with Crippen LogP contribution >= 0.6 is 15.9 Å². The lowest BCUT2D eigenvalue weighted by molar-refractivity contribution is -0.122. The van der Waals surface area contributed by atoms with Gasteiger partial charge in [-0.3, -0.25) is 4.79 Å². The highest BCUT2D eigenvalue weighted by molar-refractivity contribution is 9.10. The molecule has 2 N–H and O–H groups in total. The molecule has 1 heterocycles. The fraction of sp³-hybridized carbons (Fsp3) is 0.438.